The zero-order chi connectivity index (χ0) is 12.9. The summed E-state index contributed by atoms with van der Waals surface area (Å²) < 4.78 is 0. The molecule has 0 aliphatic heterocycles. The van der Waals surface area contributed by atoms with Crippen molar-refractivity contribution in [3.63, 3.8) is 0 Å². The highest BCUT2D eigenvalue weighted by Gasteiger charge is 2.26. The van der Waals surface area contributed by atoms with Crippen molar-refractivity contribution < 1.29 is 14.7 Å². The van der Waals surface area contributed by atoms with Gasteiger partial charge in [-0.05, 0) is 26.2 Å². The van der Waals surface area contributed by atoms with Crippen LogP contribution in [0.5, 0.6) is 0 Å². The first-order chi connectivity index (χ1) is 7.20. The van der Waals surface area contributed by atoms with Crippen molar-refractivity contribution >= 4 is 11.9 Å². The van der Waals surface area contributed by atoms with E-state index in [1.807, 2.05) is 20.8 Å². The molecule has 16 heavy (non-hydrogen) atoms. The van der Waals surface area contributed by atoms with E-state index in [0.717, 1.165) is 6.42 Å². The molecule has 0 radical (unpaired) electrons. The van der Waals surface area contributed by atoms with Gasteiger partial charge in [-0.2, -0.15) is 0 Å². The molecule has 94 valence electrons. The van der Waals surface area contributed by atoms with Crippen LogP contribution in [-0.2, 0) is 9.59 Å². The fraction of sp³-hybridized carbons (Fsp3) is 0.833. The average molecular weight is 229 g/mol. The Balaban J connectivity index is 4.31. The maximum Gasteiger partial charge on any atom is 0.303 e. The summed E-state index contributed by atoms with van der Waals surface area (Å²) in [6, 6.07) is 0. The third-order valence-corrected chi connectivity index (χ3v) is 3.19. The van der Waals surface area contributed by atoms with E-state index in [-0.39, 0.29) is 23.8 Å². The van der Waals surface area contributed by atoms with E-state index in [9.17, 15) is 9.59 Å². The molecule has 0 aliphatic carbocycles. The summed E-state index contributed by atoms with van der Waals surface area (Å²) in [6.45, 7) is 7.84. The minimum atomic E-state index is -0.849. The van der Waals surface area contributed by atoms with Crippen LogP contribution in [0.4, 0.5) is 0 Å². The number of amides is 1. The number of hydrogen-bond donors (Lipinski definition) is 1. The first-order valence-electron chi connectivity index (χ1n) is 5.69. The van der Waals surface area contributed by atoms with Gasteiger partial charge in [0.25, 0.3) is 0 Å². The van der Waals surface area contributed by atoms with Crippen LogP contribution >= 0.6 is 0 Å². The van der Waals surface area contributed by atoms with Crippen LogP contribution in [-0.4, -0.2) is 34.5 Å². The molecule has 0 aliphatic rings. The molecule has 0 saturated heterocycles. The van der Waals surface area contributed by atoms with Gasteiger partial charge in [0.15, 0.2) is 0 Å². The Morgan fingerprint density at radius 3 is 2.19 bits per heavy atom. The van der Waals surface area contributed by atoms with Gasteiger partial charge in [-0.15, -0.1) is 0 Å². The molecule has 0 aromatic carbocycles. The van der Waals surface area contributed by atoms with Crippen molar-refractivity contribution in [2.24, 2.45) is 5.92 Å². The smallest absolute Gasteiger partial charge is 0.303 e. The number of rotatable bonds is 6. The number of carboxylic acid groups (broad SMARTS) is 1. The number of carboxylic acids is 1. The van der Waals surface area contributed by atoms with E-state index in [4.69, 9.17) is 5.11 Å². The molecule has 0 aromatic rings. The quantitative estimate of drug-likeness (QED) is 0.759. The van der Waals surface area contributed by atoms with E-state index in [1.54, 1.807) is 18.9 Å². The summed E-state index contributed by atoms with van der Waals surface area (Å²) in [4.78, 5) is 24.1. The van der Waals surface area contributed by atoms with E-state index in [2.05, 4.69) is 0 Å². The van der Waals surface area contributed by atoms with Crippen LogP contribution in [0.1, 0.15) is 47.0 Å². The van der Waals surface area contributed by atoms with Gasteiger partial charge in [0.1, 0.15) is 0 Å². The number of carbonyl (C=O) groups excluding carboxylic acids is 1. The lowest BCUT2D eigenvalue weighted by Gasteiger charge is -2.35. The SMILES string of the molecule is CCC(C)(C)N(C)C(=O)CC(C)CC(=O)O. The van der Waals surface area contributed by atoms with Crippen LogP contribution in [0.25, 0.3) is 0 Å². The lowest BCUT2D eigenvalue weighted by atomic mass is 9.97. The van der Waals surface area contributed by atoms with Gasteiger partial charge in [-0.1, -0.05) is 13.8 Å². The number of nitrogens with zero attached hydrogens (tertiary/aromatic N) is 1. The minimum absolute atomic E-state index is 0.0144. The molecule has 0 rings (SSSR count). The van der Waals surface area contributed by atoms with E-state index < -0.39 is 5.97 Å². The van der Waals surface area contributed by atoms with Gasteiger partial charge >= 0.3 is 5.97 Å². The molecular weight excluding hydrogens is 206 g/mol. The Bertz CT molecular complexity index is 261. The van der Waals surface area contributed by atoms with Crippen molar-refractivity contribution in [1.82, 2.24) is 4.90 Å². The van der Waals surface area contributed by atoms with E-state index >= 15 is 0 Å². The summed E-state index contributed by atoms with van der Waals surface area (Å²) in [5, 5.41) is 8.62. The predicted molar refractivity (Wildman–Crippen MR) is 63.2 cm³/mol. The number of aliphatic carboxylic acids is 1. The molecule has 1 N–H and O–H groups in total. The van der Waals surface area contributed by atoms with Crippen molar-refractivity contribution in [3.8, 4) is 0 Å². The normalized spacial score (nSPS) is 13.3. The summed E-state index contributed by atoms with van der Waals surface area (Å²) in [6.07, 6.45) is 1.22. The largest absolute Gasteiger partial charge is 0.481 e. The maximum atomic E-state index is 11.9. The van der Waals surface area contributed by atoms with Crippen LogP contribution in [0, 0.1) is 5.92 Å². The summed E-state index contributed by atoms with van der Waals surface area (Å²) in [5.74, 6) is -0.946. The second-order valence-corrected chi connectivity index (χ2v) is 5.03. The maximum absolute atomic E-state index is 11.9. The second-order valence-electron chi connectivity index (χ2n) is 5.03. The van der Waals surface area contributed by atoms with Crippen molar-refractivity contribution in [2.75, 3.05) is 7.05 Å². The number of carbonyl (C=O) groups is 2. The molecule has 0 aromatic heterocycles. The molecule has 1 amide bonds. The molecule has 0 heterocycles. The van der Waals surface area contributed by atoms with Gasteiger partial charge in [0.05, 0.1) is 0 Å². The minimum Gasteiger partial charge on any atom is -0.481 e. The topological polar surface area (TPSA) is 57.6 Å². The molecule has 1 atom stereocenters. The van der Waals surface area contributed by atoms with Gasteiger partial charge < -0.3 is 10.0 Å². The van der Waals surface area contributed by atoms with E-state index in [1.165, 1.54) is 0 Å². The highest BCUT2D eigenvalue weighted by atomic mass is 16.4. The molecule has 4 heteroatoms. The molecule has 0 bridgehead atoms. The molecule has 0 fully saturated rings. The Morgan fingerprint density at radius 1 is 1.31 bits per heavy atom. The highest BCUT2D eigenvalue weighted by Crippen LogP contribution is 2.19. The third-order valence-electron chi connectivity index (χ3n) is 3.19. The first kappa shape index (κ1) is 14.9. The van der Waals surface area contributed by atoms with Crippen molar-refractivity contribution in [3.05, 3.63) is 0 Å². The molecule has 1 unspecified atom stereocenters. The second kappa shape index (κ2) is 5.87. The molecule has 0 spiro atoms. The Kier molecular flexibility index (Phi) is 5.48. The van der Waals surface area contributed by atoms with Gasteiger partial charge in [-0.3, -0.25) is 9.59 Å². The summed E-state index contributed by atoms with van der Waals surface area (Å²) >= 11 is 0. The van der Waals surface area contributed by atoms with Crippen molar-refractivity contribution in [1.29, 1.82) is 0 Å². The monoisotopic (exact) mass is 229 g/mol. The Morgan fingerprint density at radius 2 is 1.81 bits per heavy atom. The molecular formula is C12H23NO3. The van der Waals surface area contributed by atoms with Gasteiger partial charge in [-0.25, -0.2) is 0 Å². The van der Waals surface area contributed by atoms with Gasteiger partial charge in [0.2, 0.25) is 5.91 Å². The first-order valence-corrected chi connectivity index (χ1v) is 5.69. The van der Waals surface area contributed by atoms with Gasteiger partial charge in [0, 0.05) is 25.4 Å². The fourth-order valence-electron chi connectivity index (χ4n) is 1.38. The predicted octanol–water partition coefficient (Wildman–Crippen LogP) is 2.13. The fourth-order valence-corrected chi connectivity index (χ4v) is 1.38. The standard InChI is InChI=1S/C12H23NO3/c1-6-12(3,4)13(5)10(14)7-9(2)8-11(15)16/h9H,6-8H2,1-5H3,(H,15,16). The van der Waals surface area contributed by atoms with Crippen LogP contribution in [0.2, 0.25) is 0 Å². The number of hydrogen-bond acceptors (Lipinski definition) is 2. The lowest BCUT2D eigenvalue weighted by molar-refractivity contribution is -0.139. The van der Waals surface area contributed by atoms with Crippen LogP contribution in [0.3, 0.4) is 0 Å². The Labute approximate surface area is 97.6 Å². The third kappa shape index (κ3) is 4.64. The van der Waals surface area contributed by atoms with Crippen LogP contribution in [0.15, 0.2) is 0 Å². The molecule has 4 nitrogen and oxygen atoms in total. The lowest BCUT2D eigenvalue weighted by Crippen LogP contribution is -2.44. The average Bonchev–Trinajstić information content (AvgIpc) is 2.14. The zero-order valence-corrected chi connectivity index (χ0v) is 10.9. The van der Waals surface area contributed by atoms with E-state index in [0.29, 0.717) is 6.42 Å². The summed E-state index contributed by atoms with van der Waals surface area (Å²) in [7, 11) is 1.78. The Hall–Kier alpha value is -1.06. The van der Waals surface area contributed by atoms with Crippen molar-refractivity contribution in [2.45, 2.75) is 52.5 Å². The highest BCUT2D eigenvalue weighted by molar-refractivity contribution is 5.77. The summed E-state index contributed by atoms with van der Waals surface area (Å²) in [5.41, 5.74) is -0.167. The zero-order valence-electron chi connectivity index (χ0n) is 10.9. The van der Waals surface area contributed by atoms with Crippen LogP contribution < -0.4 is 0 Å². The molecule has 0 saturated carbocycles.